The molecule has 2 aromatic rings. The molecular formula is C25H33N3O3S. The average Bonchev–Trinajstić information content (AvgIpc) is 2.75. The van der Waals surface area contributed by atoms with Gasteiger partial charge in [-0.1, -0.05) is 24.6 Å². The Hall–Kier alpha value is -1.96. The number of aryl methyl sites for hydroxylation is 1. The zero-order valence-corrected chi connectivity index (χ0v) is 20.1. The predicted octanol–water partition coefficient (Wildman–Crippen LogP) is 3.92. The summed E-state index contributed by atoms with van der Waals surface area (Å²) in [5.74, 6) is 0.830. The number of anilines is 1. The van der Waals surface area contributed by atoms with Crippen LogP contribution < -0.4 is 4.90 Å². The van der Waals surface area contributed by atoms with E-state index in [0.717, 1.165) is 51.0 Å². The first-order valence-corrected chi connectivity index (χ1v) is 13.2. The van der Waals surface area contributed by atoms with E-state index in [1.807, 2.05) is 13.0 Å². The largest absolute Gasteiger partial charge is 0.378 e. The third-order valence-corrected chi connectivity index (χ3v) is 9.91. The lowest BCUT2D eigenvalue weighted by atomic mass is 9.51. The van der Waals surface area contributed by atoms with Gasteiger partial charge in [0.05, 0.1) is 6.10 Å². The lowest BCUT2D eigenvalue weighted by Gasteiger charge is -2.62. The van der Waals surface area contributed by atoms with Gasteiger partial charge in [-0.25, -0.2) is 13.4 Å². The monoisotopic (exact) mass is 455 g/mol. The maximum atomic E-state index is 13.4. The Morgan fingerprint density at radius 3 is 2.72 bits per heavy atom. The second-order valence-corrected chi connectivity index (χ2v) is 11.5. The summed E-state index contributed by atoms with van der Waals surface area (Å²) < 4.78 is 34.3. The first-order valence-electron chi connectivity index (χ1n) is 11.7. The smallest absolute Gasteiger partial charge is 0.244 e. The summed E-state index contributed by atoms with van der Waals surface area (Å²) in [6, 6.07) is 10.0. The average molecular weight is 456 g/mol. The number of rotatable bonds is 6. The topological polar surface area (TPSA) is 62.7 Å². The third kappa shape index (κ3) is 3.37. The van der Waals surface area contributed by atoms with E-state index in [1.165, 1.54) is 22.9 Å². The van der Waals surface area contributed by atoms with Crippen LogP contribution in [0.25, 0.3) is 0 Å². The summed E-state index contributed by atoms with van der Waals surface area (Å²) in [4.78, 5) is 7.07. The van der Waals surface area contributed by atoms with Crippen LogP contribution in [-0.4, -0.2) is 50.1 Å². The van der Waals surface area contributed by atoms with Crippen molar-refractivity contribution in [2.24, 2.45) is 5.41 Å². The molecule has 0 bridgehead atoms. The number of hydrogen-bond acceptors (Lipinski definition) is 5. The number of hydrogen-bond donors (Lipinski definition) is 0. The van der Waals surface area contributed by atoms with Crippen molar-refractivity contribution in [2.75, 3.05) is 25.1 Å². The van der Waals surface area contributed by atoms with Crippen molar-refractivity contribution in [2.45, 2.75) is 69.5 Å². The van der Waals surface area contributed by atoms with Crippen LogP contribution in [0.15, 0.2) is 41.4 Å². The van der Waals surface area contributed by atoms with Gasteiger partial charge in [-0.2, -0.15) is 4.31 Å². The zero-order valence-electron chi connectivity index (χ0n) is 19.3. The maximum absolute atomic E-state index is 13.4. The molecule has 172 valence electrons. The summed E-state index contributed by atoms with van der Waals surface area (Å²) in [7, 11) is -1.87. The summed E-state index contributed by atoms with van der Waals surface area (Å²) in [5, 5.41) is 0. The molecule has 1 aliphatic heterocycles. The molecule has 0 N–H and O–H groups in total. The number of ether oxygens (including phenoxy) is 1. The van der Waals surface area contributed by atoms with E-state index in [-0.39, 0.29) is 22.5 Å². The fourth-order valence-electron chi connectivity index (χ4n) is 5.90. The van der Waals surface area contributed by atoms with Crippen LogP contribution in [0.4, 0.5) is 5.82 Å². The fourth-order valence-corrected chi connectivity index (χ4v) is 7.29. The van der Waals surface area contributed by atoms with Gasteiger partial charge in [-0.05, 0) is 68.4 Å². The molecule has 0 saturated heterocycles. The van der Waals surface area contributed by atoms with Crippen LogP contribution in [0.5, 0.6) is 0 Å². The van der Waals surface area contributed by atoms with Crippen molar-refractivity contribution >= 4 is 15.8 Å². The molecule has 5 rings (SSSR count). The van der Waals surface area contributed by atoms with Gasteiger partial charge in [0.2, 0.25) is 10.0 Å². The molecule has 1 aromatic carbocycles. The van der Waals surface area contributed by atoms with E-state index >= 15 is 0 Å². The van der Waals surface area contributed by atoms with Gasteiger partial charge in [-0.15, -0.1) is 0 Å². The molecule has 3 aliphatic rings. The lowest BCUT2D eigenvalue weighted by molar-refractivity contribution is -0.187. The number of nitrogens with zero attached hydrogens (tertiary/aromatic N) is 3. The molecule has 2 saturated carbocycles. The Labute approximate surface area is 191 Å². The van der Waals surface area contributed by atoms with Crippen molar-refractivity contribution in [1.82, 2.24) is 9.29 Å². The first-order chi connectivity index (χ1) is 15.4. The number of aromatic nitrogens is 1. The molecular weight excluding hydrogens is 422 g/mol. The van der Waals surface area contributed by atoms with E-state index in [0.29, 0.717) is 6.61 Å². The quantitative estimate of drug-likeness (QED) is 0.661. The Balaban J connectivity index is 1.32. The normalized spacial score (nSPS) is 24.2. The van der Waals surface area contributed by atoms with Gasteiger partial charge in [0.1, 0.15) is 10.7 Å². The molecule has 2 fully saturated rings. The summed E-state index contributed by atoms with van der Waals surface area (Å²) in [5.41, 5.74) is 4.06. The highest BCUT2D eigenvalue weighted by atomic mass is 32.2. The lowest BCUT2D eigenvalue weighted by Crippen LogP contribution is -2.67. The Morgan fingerprint density at radius 1 is 1.25 bits per heavy atom. The molecule has 2 heterocycles. The summed E-state index contributed by atoms with van der Waals surface area (Å²) >= 11 is 0. The van der Waals surface area contributed by atoms with E-state index in [2.05, 4.69) is 35.0 Å². The van der Waals surface area contributed by atoms with Gasteiger partial charge < -0.3 is 9.64 Å². The summed E-state index contributed by atoms with van der Waals surface area (Å²) in [6.45, 7) is 6.53. The molecule has 1 spiro atoms. The maximum Gasteiger partial charge on any atom is 0.244 e. The van der Waals surface area contributed by atoms with Crippen LogP contribution in [0.2, 0.25) is 0 Å². The van der Waals surface area contributed by atoms with Crippen LogP contribution >= 0.6 is 0 Å². The molecule has 6 nitrogen and oxygen atoms in total. The number of benzene rings is 1. The molecule has 0 amide bonds. The molecule has 2 aliphatic carbocycles. The molecule has 2 unspecified atom stereocenters. The summed E-state index contributed by atoms with van der Waals surface area (Å²) in [6.07, 6.45) is 6.73. The van der Waals surface area contributed by atoms with Crippen LogP contribution in [0, 0.1) is 12.3 Å². The van der Waals surface area contributed by atoms with E-state index in [4.69, 9.17) is 4.74 Å². The van der Waals surface area contributed by atoms with E-state index in [1.54, 1.807) is 17.4 Å². The van der Waals surface area contributed by atoms with Gasteiger partial charge >= 0.3 is 0 Å². The van der Waals surface area contributed by atoms with Gasteiger partial charge in [-0.3, -0.25) is 0 Å². The minimum Gasteiger partial charge on any atom is -0.378 e. The Morgan fingerprint density at radius 2 is 2.06 bits per heavy atom. The van der Waals surface area contributed by atoms with Gasteiger partial charge in [0.25, 0.3) is 0 Å². The molecule has 32 heavy (non-hydrogen) atoms. The Kier molecular flexibility index (Phi) is 5.55. The second-order valence-electron chi connectivity index (χ2n) is 9.54. The third-order valence-electron chi connectivity index (χ3n) is 8.06. The predicted molar refractivity (Wildman–Crippen MR) is 125 cm³/mol. The van der Waals surface area contributed by atoms with E-state index < -0.39 is 10.0 Å². The van der Waals surface area contributed by atoms with Crippen molar-refractivity contribution in [1.29, 1.82) is 0 Å². The van der Waals surface area contributed by atoms with Gasteiger partial charge in [0, 0.05) is 44.4 Å². The number of fused-ring (bicyclic) bond motifs is 1. The minimum atomic E-state index is -3.59. The zero-order chi connectivity index (χ0) is 22.5. The van der Waals surface area contributed by atoms with E-state index in [9.17, 15) is 8.42 Å². The standard InChI is InChI=1S/C25H33N3O3S/c1-4-31-23-15-22(25(23)12-6-13-25)27(3)32(29,30)20-9-10-24(26-16-20)28-14-11-19-8-5-7-18(2)21(19)17-28/h5,7-10,16,22-23H,4,6,11-15,17H2,1-3H3. The van der Waals surface area contributed by atoms with Crippen LogP contribution in [-0.2, 0) is 27.7 Å². The fraction of sp³-hybridized carbons (Fsp3) is 0.560. The highest BCUT2D eigenvalue weighted by Gasteiger charge is 2.61. The second kappa shape index (κ2) is 8.12. The molecule has 1 aromatic heterocycles. The van der Waals surface area contributed by atoms with Gasteiger partial charge in [0.15, 0.2) is 0 Å². The minimum absolute atomic E-state index is 0.00422. The Bertz CT molecular complexity index is 1100. The molecule has 7 heteroatoms. The number of pyridine rings is 1. The molecule has 2 atom stereocenters. The highest BCUT2D eigenvalue weighted by Crippen LogP contribution is 2.59. The first kappa shape index (κ1) is 21.9. The molecule has 0 radical (unpaired) electrons. The SMILES string of the molecule is CCOC1CC(N(C)S(=O)(=O)c2ccc(N3CCc4cccc(C)c4C3)nc2)C12CCC2. The van der Waals surface area contributed by atoms with Crippen molar-refractivity contribution in [3.05, 3.63) is 53.2 Å². The highest BCUT2D eigenvalue weighted by molar-refractivity contribution is 7.89. The number of sulfonamides is 1. The van der Waals surface area contributed by atoms with Crippen LogP contribution in [0.3, 0.4) is 0 Å². The van der Waals surface area contributed by atoms with Crippen LogP contribution in [0.1, 0.15) is 49.3 Å². The van der Waals surface area contributed by atoms with Crippen molar-refractivity contribution < 1.29 is 13.2 Å². The van der Waals surface area contributed by atoms with Crippen molar-refractivity contribution in [3.8, 4) is 0 Å². The van der Waals surface area contributed by atoms with Crippen molar-refractivity contribution in [3.63, 3.8) is 0 Å².